The lowest BCUT2D eigenvalue weighted by atomic mass is 10.1. The number of hydrogen-bond acceptors (Lipinski definition) is 4. The molecular formula is C16H21N3O2. The van der Waals surface area contributed by atoms with Crippen LogP contribution >= 0.6 is 0 Å². The molecule has 2 heterocycles. The maximum Gasteiger partial charge on any atom is 0.123 e. The normalized spacial score (nSPS) is 16.6. The first-order valence-electron chi connectivity index (χ1n) is 7.31. The minimum Gasteiger partial charge on any atom is -0.496 e. The summed E-state index contributed by atoms with van der Waals surface area (Å²) in [7, 11) is 1.72. The van der Waals surface area contributed by atoms with Crippen molar-refractivity contribution in [2.24, 2.45) is 0 Å². The van der Waals surface area contributed by atoms with Crippen molar-refractivity contribution in [3.8, 4) is 11.5 Å². The molecular weight excluding hydrogens is 266 g/mol. The Morgan fingerprint density at radius 1 is 1.48 bits per heavy atom. The van der Waals surface area contributed by atoms with Crippen molar-refractivity contribution in [1.29, 1.82) is 0 Å². The van der Waals surface area contributed by atoms with E-state index in [0.29, 0.717) is 0 Å². The van der Waals surface area contributed by atoms with Gasteiger partial charge in [0.15, 0.2) is 0 Å². The van der Waals surface area contributed by atoms with Crippen LogP contribution < -0.4 is 14.8 Å². The fourth-order valence-electron chi connectivity index (χ4n) is 2.66. The number of methoxy groups -OCH3 is 1. The number of hydrogen-bond donors (Lipinski definition) is 1. The number of aromatic nitrogens is 2. The Morgan fingerprint density at radius 3 is 3.14 bits per heavy atom. The number of benzene rings is 1. The summed E-state index contributed by atoms with van der Waals surface area (Å²) >= 11 is 0. The van der Waals surface area contributed by atoms with E-state index >= 15 is 0 Å². The summed E-state index contributed by atoms with van der Waals surface area (Å²) in [5, 5.41) is 7.60. The van der Waals surface area contributed by atoms with Crippen LogP contribution in [-0.4, -0.2) is 29.5 Å². The van der Waals surface area contributed by atoms with Gasteiger partial charge in [0.1, 0.15) is 17.6 Å². The SMILES string of the molecule is COc1cc2c(cc1CNCCn1cccn1)O[C@@H](C)C2. The molecule has 2 aromatic rings. The lowest BCUT2D eigenvalue weighted by Gasteiger charge is -2.12. The molecule has 1 N–H and O–H groups in total. The maximum atomic E-state index is 5.81. The smallest absolute Gasteiger partial charge is 0.123 e. The monoisotopic (exact) mass is 287 g/mol. The van der Waals surface area contributed by atoms with E-state index in [2.05, 4.69) is 29.5 Å². The van der Waals surface area contributed by atoms with E-state index in [1.54, 1.807) is 13.3 Å². The number of nitrogens with zero attached hydrogens (tertiary/aromatic N) is 2. The predicted molar refractivity (Wildman–Crippen MR) is 80.7 cm³/mol. The Kier molecular flexibility index (Phi) is 4.10. The Morgan fingerprint density at radius 2 is 2.38 bits per heavy atom. The Balaban J connectivity index is 1.61. The van der Waals surface area contributed by atoms with Crippen LogP contribution in [0, 0.1) is 0 Å². The van der Waals surface area contributed by atoms with Crippen LogP contribution in [0.5, 0.6) is 11.5 Å². The highest BCUT2D eigenvalue weighted by atomic mass is 16.5. The Bertz CT molecular complexity index is 596. The molecule has 5 heteroatoms. The molecule has 0 aliphatic carbocycles. The topological polar surface area (TPSA) is 48.3 Å². The molecule has 112 valence electrons. The van der Waals surface area contributed by atoms with Crippen molar-refractivity contribution in [3.05, 3.63) is 41.7 Å². The molecule has 1 aromatic heterocycles. The summed E-state index contributed by atoms with van der Waals surface area (Å²) in [4.78, 5) is 0. The van der Waals surface area contributed by atoms with Gasteiger partial charge >= 0.3 is 0 Å². The van der Waals surface area contributed by atoms with Gasteiger partial charge in [-0.3, -0.25) is 4.68 Å². The molecule has 3 rings (SSSR count). The third-order valence-corrected chi connectivity index (χ3v) is 3.69. The first kappa shape index (κ1) is 13.9. The Hall–Kier alpha value is -2.01. The number of fused-ring (bicyclic) bond motifs is 1. The second kappa shape index (κ2) is 6.18. The van der Waals surface area contributed by atoms with Crippen LogP contribution in [0.2, 0.25) is 0 Å². The molecule has 0 saturated carbocycles. The van der Waals surface area contributed by atoms with E-state index in [0.717, 1.165) is 43.1 Å². The lowest BCUT2D eigenvalue weighted by molar-refractivity contribution is 0.254. The quantitative estimate of drug-likeness (QED) is 0.826. The van der Waals surface area contributed by atoms with Crippen molar-refractivity contribution < 1.29 is 9.47 Å². The highest BCUT2D eigenvalue weighted by Gasteiger charge is 2.21. The zero-order chi connectivity index (χ0) is 14.7. The third-order valence-electron chi connectivity index (χ3n) is 3.69. The Labute approximate surface area is 124 Å². The van der Waals surface area contributed by atoms with E-state index in [1.165, 1.54) is 5.56 Å². The average molecular weight is 287 g/mol. The highest BCUT2D eigenvalue weighted by Crippen LogP contribution is 2.34. The zero-order valence-electron chi connectivity index (χ0n) is 12.5. The summed E-state index contributed by atoms with van der Waals surface area (Å²) in [6, 6.07) is 6.13. The second-order valence-electron chi connectivity index (χ2n) is 5.35. The number of nitrogens with one attached hydrogen (secondary N) is 1. The van der Waals surface area contributed by atoms with E-state index in [1.807, 2.05) is 16.9 Å². The van der Waals surface area contributed by atoms with E-state index < -0.39 is 0 Å². The van der Waals surface area contributed by atoms with Gasteiger partial charge in [0.05, 0.1) is 13.7 Å². The fraction of sp³-hybridized carbons (Fsp3) is 0.438. The van der Waals surface area contributed by atoms with Crippen LogP contribution in [0.3, 0.4) is 0 Å². The lowest BCUT2D eigenvalue weighted by Crippen LogP contribution is -2.20. The standard InChI is InChI=1S/C16H21N3O2/c1-12-8-13-9-15(20-2)14(10-16(13)21-12)11-17-5-7-19-6-3-4-18-19/h3-4,6,9-10,12,17H,5,7-8,11H2,1-2H3/t12-/m0/s1. The molecule has 1 aliphatic rings. The van der Waals surface area contributed by atoms with Crippen molar-refractivity contribution in [3.63, 3.8) is 0 Å². The van der Waals surface area contributed by atoms with Gasteiger partial charge in [0.2, 0.25) is 0 Å². The minimum absolute atomic E-state index is 0.257. The van der Waals surface area contributed by atoms with Gasteiger partial charge in [-0.15, -0.1) is 0 Å². The zero-order valence-corrected chi connectivity index (χ0v) is 12.5. The van der Waals surface area contributed by atoms with Crippen molar-refractivity contribution in [1.82, 2.24) is 15.1 Å². The van der Waals surface area contributed by atoms with Gasteiger partial charge in [-0.25, -0.2) is 0 Å². The molecule has 0 bridgehead atoms. The van der Waals surface area contributed by atoms with Gasteiger partial charge in [-0.05, 0) is 25.1 Å². The molecule has 21 heavy (non-hydrogen) atoms. The molecule has 0 radical (unpaired) electrons. The molecule has 1 aromatic carbocycles. The molecule has 0 saturated heterocycles. The molecule has 0 spiro atoms. The third kappa shape index (κ3) is 3.19. The van der Waals surface area contributed by atoms with Gasteiger partial charge in [0.25, 0.3) is 0 Å². The van der Waals surface area contributed by atoms with Crippen LogP contribution in [0.15, 0.2) is 30.6 Å². The summed E-state index contributed by atoms with van der Waals surface area (Å²) in [6.07, 6.45) is 4.97. The highest BCUT2D eigenvalue weighted by molar-refractivity contribution is 5.48. The first-order valence-corrected chi connectivity index (χ1v) is 7.31. The summed E-state index contributed by atoms with van der Waals surface area (Å²) < 4.78 is 13.2. The van der Waals surface area contributed by atoms with E-state index in [4.69, 9.17) is 9.47 Å². The van der Waals surface area contributed by atoms with Gasteiger partial charge < -0.3 is 14.8 Å². The van der Waals surface area contributed by atoms with Gasteiger partial charge in [0, 0.05) is 43.0 Å². The van der Waals surface area contributed by atoms with Gasteiger partial charge in [-0.1, -0.05) is 0 Å². The minimum atomic E-state index is 0.257. The number of ether oxygens (including phenoxy) is 2. The van der Waals surface area contributed by atoms with Crippen LogP contribution in [0.4, 0.5) is 0 Å². The first-order chi connectivity index (χ1) is 10.3. The summed E-state index contributed by atoms with van der Waals surface area (Å²) in [5.41, 5.74) is 2.37. The molecule has 0 amide bonds. The van der Waals surface area contributed by atoms with Crippen molar-refractivity contribution in [2.75, 3.05) is 13.7 Å². The molecule has 0 fully saturated rings. The van der Waals surface area contributed by atoms with Gasteiger partial charge in [-0.2, -0.15) is 5.10 Å². The fourth-order valence-corrected chi connectivity index (χ4v) is 2.66. The second-order valence-corrected chi connectivity index (χ2v) is 5.35. The molecule has 5 nitrogen and oxygen atoms in total. The molecule has 0 unspecified atom stereocenters. The largest absolute Gasteiger partial charge is 0.496 e. The van der Waals surface area contributed by atoms with E-state index in [9.17, 15) is 0 Å². The predicted octanol–water partition coefficient (Wildman–Crippen LogP) is 2.00. The summed E-state index contributed by atoms with van der Waals surface area (Å²) in [5.74, 6) is 1.92. The van der Waals surface area contributed by atoms with Crippen LogP contribution in [0.1, 0.15) is 18.1 Å². The van der Waals surface area contributed by atoms with Crippen LogP contribution in [0.25, 0.3) is 0 Å². The van der Waals surface area contributed by atoms with Crippen molar-refractivity contribution in [2.45, 2.75) is 32.5 Å². The number of rotatable bonds is 6. The van der Waals surface area contributed by atoms with Crippen molar-refractivity contribution >= 4 is 0 Å². The molecule has 1 atom stereocenters. The van der Waals surface area contributed by atoms with E-state index in [-0.39, 0.29) is 6.10 Å². The van der Waals surface area contributed by atoms with Crippen LogP contribution in [-0.2, 0) is 19.5 Å². The maximum absolute atomic E-state index is 5.81. The molecule has 1 aliphatic heterocycles. The average Bonchev–Trinajstić information content (AvgIpc) is 3.10. The summed E-state index contributed by atoms with van der Waals surface area (Å²) in [6.45, 7) is 4.57.